The second-order valence-corrected chi connectivity index (χ2v) is 30.5. The van der Waals surface area contributed by atoms with Crippen LogP contribution in [0.3, 0.4) is 0 Å². The van der Waals surface area contributed by atoms with Crippen molar-refractivity contribution in [3.8, 4) is 0 Å². The van der Waals surface area contributed by atoms with E-state index in [1.54, 1.807) is 0 Å². The van der Waals surface area contributed by atoms with Crippen molar-refractivity contribution in [1.29, 1.82) is 0 Å². The minimum absolute atomic E-state index is 0.0418. The Kier molecular flexibility index (Phi) is 23.8. The Morgan fingerprint density at radius 3 is 1.48 bits per heavy atom. The number of aliphatic hydroxyl groups is 19. The molecule has 0 unspecified atom stereocenters. The molecule has 31 nitrogen and oxygen atoms in total. The molecule has 550 valence electrons. The average molecular weight is 1370 g/mol. The SMILES string of the molecule is CC(C)=CCC[C@](C)(O[C@H]1O[C@@H](CO[C@H]2O[C@@H](CO[C@H]3OC[C@H](O)[C@@H](O)[C@@H]3O)[C@H](O)[C@@H](O)[C@@H]2O)[C@H](O)[C@@H](O)[C@@H]1O)[C@@H]1CC[C@]2(C)[C@H]1[C@@H](O)C[C@H]1[C@@]3(C)CC[C@H](O[C@H]4O[C@@H](CO)[C@H](O)[C@@H](O)[C@@H]4O[C@H]4O[C@@H](CO)[C@H](O)[C@@H](O)[C@@H]4O[C@H]4OC[C@H](O)[C@@H](O)[C@@H]4O)C(C)(C)[C@@H]3CC[C@@]12C. The zero-order chi connectivity index (χ0) is 69.5. The molecule has 4 saturated carbocycles. The molecule has 0 aromatic rings. The number of fused-ring (bicyclic) bond motifs is 5. The van der Waals surface area contributed by atoms with Crippen LogP contribution in [0.2, 0.25) is 0 Å². The summed E-state index contributed by atoms with van der Waals surface area (Å²) in [5, 5.41) is 208. The molecule has 6 saturated heterocycles. The molecule has 10 aliphatic rings. The lowest BCUT2D eigenvalue weighted by Gasteiger charge is -2.71. The first-order chi connectivity index (χ1) is 44.6. The molecule has 0 radical (unpaired) electrons. The van der Waals surface area contributed by atoms with E-state index < -0.39 is 239 Å². The van der Waals surface area contributed by atoms with Gasteiger partial charge in [-0.15, -0.1) is 0 Å². The number of rotatable bonds is 20. The van der Waals surface area contributed by atoms with E-state index in [0.29, 0.717) is 44.9 Å². The van der Waals surface area contributed by atoms with Gasteiger partial charge in [-0.2, -0.15) is 0 Å². The van der Waals surface area contributed by atoms with Crippen LogP contribution in [0.15, 0.2) is 11.6 Å². The lowest BCUT2D eigenvalue weighted by Crippen LogP contribution is -2.68. The average Bonchev–Trinajstić information content (AvgIpc) is 1.66. The molecule has 0 spiro atoms. The van der Waals surface area contributed by atoms with Crippen LogP contribution < -0.4 is 0 Å². The van der Waals surface area contributed by atoms with Gasteiger partial charge >= 0.3 is 0 Å². The summed E-state index contributed by atoms with van der Waals surface area (Å²) in [4.78, 5) is 0. The highest BCUT2D eigenvalue weighted by Gasteiger charge is 2.72. The quantitative estimate of drug-likeness (QED) is 0.0400. The van der Waals surface area contributed by atoms with Gasteiger partial charge in [0, 0.05) is 0 Å². The van der Waals surface area contributed by atoms with Crippen LogP contribution in [0.1, 0.15) is 113 Å². The molecule has 4 aliphatic carbocycles. The fourth-order valence-electron chi connectivity index (χ4n) is 18.5. The monoisotopic (exact) mass is 1370 g/mol. The van der Waals surface area contributed by atoms with Gasteiger partial charge in [-0.05, 0) is 124 Å². The molecule has 6 heterocycles. The first kappa shape index (κ1) is 76.1. The molecule has 19 N–H and O–H groups in total. The summed E-state index contributed by atoms with van der Waals surface area (Å²) in [6, 6.07) is 0. The zero-order valence-electron chi connectivity index (χ0n) is 55.2. The van der Waals surface area contributed by atoms with Gasteiger partial charge < -0.3 is 154 Å². The molecule has 0 aromatic heterocycles. The fourth-order valence-corrected chi connectivity index (χ4v) is 18.5. The minimum Gasteiger partial charge on any atom is -0.394 e. The van der Waals surface area contributed by atoms with Crippen molar-refractivity contribution in [3.63, 3.8) is 0 Å². The first-order valence-electron chi connectivity index (χ1n) is 33.7. The molecule has 10 fully saturated rings. The Hall–Kier alpha value is -1.50. The van der Waals surface area contributed by atoms with Crippen molar-refractivity contribution in [2.75, 3.05) is 39.6 Å². The van der Waals surface area contributed by atoms with Gasteiger partial charge in [0.25, 0.3) is 0 Å². The van der Waals surface area contributed by atoms with Crippen molar-refractivity contribution in [2.24, 2.45) is 45.3 Å². The minimum atomic E-state index is -1.90. The number of aliphatic hydroxyl groups excluding tert-OH is 19. The molecule has 0 amide bonds. The Labute approximate surface area is 551 Å². The van der Waals surface area contributed by atoms with Gasteiger partial charge in [-0.1, -0.05) is 46.3 Å². The lowest BCUT2D eigenvalue weighted by atomic mass is 9.35. The summed E-state index contributed by atoms with van der Waals surface area (Å²) in [5.41, 5.74) is -2.07. The molecule has 31 heteroatoms. The van der Waals surface area contributed by atoms with Gasteiger partial charge in [0.15, 0.2) is 37.7 Å². The van der Waals surface area contributed by atoms with E-state index in [0.717, 1.165) is 18.4 Å². The lowest BCUT2D eigenvalue weighted by molar-refractivity contribution is -0.395. The second-order valence-electron chi connectivity index (χ2n) is 30.5. The normalized spacial score (nSPS) is 53.2. The first-order valence-corrected chi connectivity index (χ1v) is 33.7. The van der Waals surface area contributed by atoms with Gasteiger partial charge in [-0.3, -0.25) is 0 Å². The molecule has 0 aromatic carbocycles. The van der Waals surface area contributed by atoms with Crippen molar-refractivity contribution in [3.05, 3.63) is 11.6 Å². The highest BCUT2D eigenvalue weighted by atomic mass is 16.8. The largest absolute Gasteiger partial charge is 0.394 e. The maximum atomic E-state index is 13.0. The zero-order valence-corrected chi connectivity index (χ0v) is 55.2. The van der Waals surface area contributed by atoms with Crippen LogP contribution >= 0.6 is 0 Å². The molecular weight excluding hydrogens is 1260 g/mol. The standard InChI is InChI=1S/C64H108O31/c1-25(2)10-9-14-64(8,95-57-51(83)45(77)43(75)33(91-57)24-87-55-50(82)44(76)42(74)32(90-55)23-86-54-48(80)38(70)28(68)21-84-54)26-11-16-63(7)37(26)27(67)18-35-61(5)15-13-36(60(3,4)34(61)12-17-62(35,63)6)92-58-52(46(78)40(72)30(19-65)88-58)94-59-53(47(79)41(73)31(20-66)89-59)93-56-49(81)39(71)29(69)22-85-56/h10,26-59,65-83H,9,11-24H2,1-8H3/t26-,27+,28+,29+,30+,31+,32+,33+,34+,35+,36+,37-,38-,39-,40+,41+,42+,43+,44-,45-,46-,47-,48+,49+,50+,51+,52+,53+,54-,55+,56-,57-,58-,59-,61+,62+,63-,64+/m1/s1. The van der Waals surface area contributed by atoms with Gasteiger partial charge in [0.1, 0.15) is 134 Å². The predicted octanol–water partition coefficient (Wildman–Crippen LogP) is -5.28. The van der Waals surface area contributed by atoms with E-state index in [1.807, 2.05) is 20.8 Å². The number of ether oxygens (including phenoxy) is 12. The summed E-state index contributed by atoms with van der Waals surface area (Å²) in [5.74, 6) is -0.795. The summed E-state index contributed by atoms with van der Waals surface area (Å²) in [6.45, 7) is 13.3. The summed E-state index contributed by atoms with van der Waals surface area (Å²) >= 11 is 0. The number of hydrogen-bond donors (Lipinski definition) is 19. The van der Waals surface area contributed by atoms with Crippen LogP contribution in [0.4, 0.5) is 0 Å². The molecule has 95 heavy (non-hydrogen) atoms. The Bertz CT molecular complexity index is 2540. The van der Waals surface area contributed by atoms with Crippen LogP contribution in [0.5, 0.6) is 0 Å². The molecular formula is C64H108O31. The van der Waals surface area contributed by atoms with Crippen LogP contribution in [-0.4, -0.2) is 327 Å². The Morgan fingerprint density at radius 2 is 0.926 bits per heavy atom. The second kappa shape index (κ2) is 29.7. The van der Waals surface area contributed by atoms with Crippen LogP contribution in [0.25, 0.3) is 0 Å². The molecule has 0 bridgehead atoms. The van der Waals surface area contributed by atoms with E-state index >= 15 is 0 Å². The highest BCUT2D eigenvalue weighted by molar-refractivity contribution is 5.21. The van der Waals surface area contributed by atoms with Crippen molar-refractivity contribution >= 4 is 0 Å². The van der Waals surface area contributed by atoms with E-state index in [1.165, 1.54) is 0 Å². The molecule has 6 aliphatic heterocycles. The van der Waals surface area contributed by atoms with E-state index in [-0.39, 0.29) is 35.7 Å². The predicted molar refractivity (Wildman–Crippen MR) is 319 cm³/mol. The van der Waals surface area contributed by atoms with Gasteiger partial charge in [0.2, 0.25) is 0 Å². The van der Waals surface area contributed by atoms with Crippen LogP contribution in [-0.2, 0) is 56.8 Å². The van der Waals surface area contributed by atoms with E-state index in [9.17, 15) is 97.0 Å². The van der Waals surface area contributed by atoms with Crippen molar-refractivity contribution in [2.45, 2.75) is 303 Å². The number of hydrogen-bond acceptors (Lipinski definition) is 31. The summed E-state index contributed by atoms with van der Waals surface area (Å²) in [6.07, 6.45) is -41.1. The topological polar surface area (TPSA) is 495 Å². The molecule has 10 rings (SSSR count). The van der Waals surface area contributed by atoms with E-state index in [2.05, 4.69) is 40.7 Å². The number of allylic oxidation sites excluding steroid dienone is 2. The van der Waals surface area contributed by atoms with Crippen molar-refractivity contribution < 1.29 is 154 Å². The van der Waals surface area contributed by atoms with Gasteiger partial charge in [-0.25, -0.2) is 0 Å². The summed E-state index contributed by atoms with van der Waals surface area (Å²) < 4.78 is 72.5. The Morgan fingerprint density at radius 1 is 0.463 bits per heavy atom. The third-order valence-corrected chi connectivity index (χ3v) is 24.3. The van der Waals surface area contributed by atoms with Crippen molar-refractivity contribution in [1.82, 2.24) is 0 Å². The maximum Gasteiger partial charge on any atom is 0.187 e. The third kappa shape index (κ3) is 14.1. The maximum absolute atomic E-state index is 13.0. The smallest absolute Gasteiger partial charge is 0.187 e. The third-order valence-electron chi connectivity index (χ3n) is 24.3. The Balaban J connectivity index is 0.842. The summed E-state index contributed by atoms with van der Waals surface area (Å²) in [7, 11) is 0. The van der Waals surface area contributed by atoms with Crippen LogP contribution in [0, 0.1) is 45.3 Å². The fraction of sp³-hybridized carbons (Fsp3) is 0.969. The molecule has 38 atom stereocenters. The van der Waals surface area contributed by atoms with Gasteiger partial charge in [0.05, 0.1) is 57.5 Å². The highest BCUT2D eigenvalue weighted by Crippen LogP contribution is 2.76. The van der Waals surface area contributed by atoms with E-state index in [4.69, 9.17) is 56.8 Å².